The maximum absolute atomic E-state index is 2.42. The molecule has 0 aliphatic rings. The molecule has 9 heavy (non-hydrogen) atoms. The molecule has 0 aliphatic carbocycles. The highest BCUT2D eigenvalue weighted by molar-refractivity contribution is 6.60. The quantitative estimate of drug-likeness (QED) is 0.551. The predicted molar refractivity (Wildman–Crippen MR) is 49.1 cm³/mol. The van der Waals surface area contributed by atoms with Gasteiger partial charge in [0.15, 0.2) is 0 Å². The van der Waals surface area contributed by atoms with Gasteiger partial charge >= 0.3 is 0 Å². The SMILES string of the molecule is CC(C)[Si](C)C(C)C.Cl. The fraction of sp³-hybridized carbons (Fsp3) is 1.00. The molecule has 0 aromatic carbocycles. The molecule has 0 aliphatic heterocycles. The van der Waals surface area contributed by atoms with Gasteiger partial charge in [0.1, 0.15) is 0 Å². The first-order valence-electron chi connectivity index (χ1n) is 3.39. The largest absolute Gasteiger partial charge is 0.147 e. The Morgan fingerprint density at radius 2 is 1.11 bits per heavy atom. The van der Waals surface area contributed by atoms with E-state index in [2.05, 4.69) is 34.2 Å². The van der Waals surface area contributed by atoms with Gasteiger partial charge in [-0.2, -0.15) is 0 Å². The zero-order chi connectivity index (χ0) is 6.73. The summed E-state index contributed by atoms with van der Waals surface area (Å²) in [4.78, 5) is 0. The summed E-state index contributed by atoms with van der Waals surface area (Å²) < 4.78 is 0. The van der Waals surface area contributed by atoms with Gasteiger partial charge in [0, 0.05) is 0 Å². The molecule has 0 fully saturated rings. The Bertz CT molecular complexity index is 53.9. The van der Waals surface area contributed by atoms with Crippen LogP contribution in [0.4, 0.5) is 0 Å². The number of rotatable bonds is 2. The fourth-order valence-electron chi connectivity index (χ4n) is 0.667. The summed E-state index contributed by atoms with van der Waals surface area (Å²) in [6.45, 7) is 11.7. The van der Waals surface area contributed by atoms with Crippen molar-refractivity contribution in [2.75, 3.05) is 0 Å². The van der Waals surface area contributed by atoms with Crippen LogP contribution < -0.4 is 0 Å². The first kappa shape index (κ1) is 12.2. The smallest absolute Gasteiger partial charge is 0.0501 e. The van der Waals surface area contributed by atoms with Gasteiger partial charge in [0.2, 0.25) is 0 Å². The fourth-order valence-corrected chi connectivity index (χ4v) is 2.00. The molecule has 0 atom stereocenters. The molecule has 0 N–H and O–H groups in total. The van der Waals surface area contributed by atoms with Gasteiger partial charge in [-0.3, -0.25) is 0 Å². The van der Waals surface area contributed by atoms with Crippen molar-refractivity contribution in [2.24, 2.45) is 0 Å². The van der Waals surface area contributed by atoms with Gasteiger partial charge in [0.05, 0.1) is 8.80 Å². The van der Waals surface area contributed by atoms with Gasteiger partial charge in [0.25, 0.3) is 0 Å². The molecule has 0 saturated heterocycles. The lowest BCUT2D eigenvalue weighted by atomic mass is 10.5. The lowest BCUT2D eigenvalue weighted by Gasteiger charge is -2.16. The van der Waals surface area contributed by atoms with E-state index in [1.54, 1.807) is 0 Å². The molecule has 2 heteroatoms. The Hall–Kier alpha value is 0.507. The summed E-state index contributed by atoms with van der Waals surface area (Å²) in [5.41, 5.74) is 1.89. The van der Waals surface area contributed by atoms with Crippen molar-refractivity contribution in [3.8, 4) is 0 Å². The predicted octanol–water partition coefficient (Wildman–Crippen LogP) is 3.35. The van der Waals surface area contributed by atoms with Gasteiger partial charge in [-0.1, -0.05) is 45.3 Å². The van der Waals surface area contributed by atoms with E-state index in [0.29, 0.717) is 0 Å². The van der Waals surface area contributed by atoms with Crippen LogP contribution in [0.25, 0.3) is 0 Å². The summed E-state index contributed by atoms with van der Waals surface area (Å²) in [5, 5.41) is 0. The van der Waals surface area contributed by atoms with Crippen LogP contribution in [-0.2, 0) is 0 Å². The van der Waals surface area contributed by atoms with Crippen LogP contribution >= 0.6 is 12.4 Å². The summed E-state index contributed by atoms with van der Waals surface area (Å²) in [6.07, 6.45) is 0. The molecule has 0 amide bonds. The third-order valence-electron chi connectivity index (χ3n) is 1.82. The molecule has 0 nitrogen and oxygen atoms in total. The normalized spacial score (nSPS) is 10.7. The molecule has 57 valence electrons. The maximum atomic E-state index is 2.42. The second-order valence-corrected chi connectivity index (χ2v) is 6.85. The van der Waals surface area contributed by atoms with Crippen molar-refractivity contribution in [1.29, 1.82) is 0 Å². The molecule has 1 radical (unpaired) electrons. The van der Waals surface area contributed by atoms with Gasteiger partial charge in [-0.15, -0.1) is 12.4 Å². The van der Waals surface area contributed by atoms with Crippen LogP contribution in [0.2, 0.25) is 17.6 Å². The standard InChI is InChI=1S/C7H17Si.ClH/c1-6(2)8(5)7(3)4;/h6-7H,1-5H3;1H. The zero-order valence-corrected chi connectivity index (χ0v) is 8.88. The summed E-state index contributed by atoms with van der Waals surface area (Å²) >= 11 is 0. The summed E-state index contributed by atoms with van der Waals surface area (Å²) in [6, 6.07) is 0. The average Bonchev–Trinajstić information content (AvgIpc) is 1.64. The third-order valence-corrected chi connectivity index (χ3v) is 5.46. The minimum atomic E-state index is -0.0237. The first-order chi connectivity index (χ1) is 3.55. The van der Waals surface area contributed by atoms with Crippen LogP contribution in [0.3, 0.4) is 0 Å². The third kappa shape index (κ3) is 4.98. The van der Waals surface area contributed by atoms with Crippen LogP contribution in [0, 0.1) is 0 Å². The van der Waals surface area contributed by atoms with Crippen molar-refractivity contribution in [3.05, 3.63) is 0 Å². The van der Waals surface area contributed by atoms with Crippen molar-refractivity contribution in [3.63, 3.8) is 0 Å². The van der Waals surface area contributed by atoms with Crippen LogP contribution in [0.1, 0.15) is 27.7 Å². The molecule has 0 saturated carbocycles. The molecule has 0 bridgehead atoms. The van der Waals surface area contributed by atoms with Crippen molar-refractivity contribution < 1.29 is 0 Å². The topological polar surface area (TPSA) is 0 Å². The zero-order valence-electron chi connectivity index (χ0n) is 7.06. The van der Waals surface area contributed by atoms with Gasteiger partial charge < -0.3 is 0 Å². The molecular formula is C7H18ClSi. The van der Waals surface area contributed by atoms with E-state index in [0.717, 1.165) is 11.1 Å². The highest BCUT2D eigenvalue weighted by atomic mass is 35.5. The monoisotopic (exact) mass is 165 g/mol. The lowest BCUT2D eigenvalue weighted by molar-refractivity contribution is 0.942. The molecule has 0 unspecified atom stereocenters. The van der Waals surface area contributed by atoms with Crippen molar-refractivity contribution >= 4 is 21.2 Å². The van der Waals surface area contributed by atoms with Gasteiger partial charge in [-0.05, 0) is 0 Å². The van der Waals surface area contributed by atoms with Crippen molar-refractivity contribution in [1.82, 2.24) is 0 Å². The van der Waals surface area contributed by atoms with Gasteiger partial charge in [-0.25, -0.2) is 0 Å². The second kappa shape index (κ2) is 5.30. The Kier molecular flexibility index (Phi) is 7.19. The molecule has 0 aromatic rings. The summed E-state index contributed by atoms with van der Waals surface area (Å²) in [7, 11) is -0.0237. The Labute approximate surface area is 67.1 Å². The first-order valence-corrected chi connectivity index (χ1v) is 5.54. The Morgan fingerprint density at radius 1 is 0.889 bits per heavy atom. The Balaban J connectivity index is 0. The number of hydrogen-bond donors (Lipinski definition) is 0. The van der Waals surface area contributed by atoms with E-state index in [4.69, 9.17) is 0 Å². The minimum absolute atomic E-state index is 0. The highest BCUT2D eigenvalue weighted by Gasteiger charge is 2.12. The van der Waals surface area contributed by atoms with Crippen LogP contribution in [0.5, 0.6) is 0 Å². The summed E-state index contributed by atoms with van der Waals surface area (Å²) in [5.74, 6) is 0. The average molecular weight is 166 g/mol. The van der Waals surface area contributed by atoms with E-state index in [1.165, 1.54) is 0 Å². The molecular weight excluding hydrogens is 148 g/mol. The van der Waals surface area contributed by atoms with Crippen LogP contribution in [0.15, 0.2) is 0 Å². The number of halogens is 1. The number of hydrogen-bond acceptors (Lipinski definition) is 0. The molecule has 0 rings (SSSR count). The van der Waals surface area contributed by atoms with Crippen LogP contribution in [-0.4, -0.2) is 8.80 Å². The molecule has 0 heterocycles. The lowest BCUT2D eigenvalue weighted by Crippen LogP contribution is -2.15. The van der Waals surface area contributed by atoms with E-state index in [-0.39, 0.29) is 21.2 Å². The van der Waals surface area contributed by atoms with E-state index >= 15 is 0 Å². The van der Waals surface area contributed by atoms with Crippen molar-refractivity contribution in [2.45, 2.75) is 45.3 Å². The molecule has 0 spiro atoms. The van der Waals surface area contributed by atoms with E-state index < -0.39 is 0 Å². The van der Waals surface area contributed by atoms with E-state index in [1.807, 2.05) is 0 Å². The minimum Gasteiger partial charge on any atom is -0.147 e. The van der Waals surface area contributed by atoms with E-state index in [9.17, 15) is 0 Å². The maximum Gasteiger partial charge on any atom is 0.0501 e. The second-order valence-electron chi connectivity index (χ2n) is 3.05. The highest BCUT2D eigenvalue weighted by Crippen LogP contribution is 2.18. The Morgan fingerprint density at radius 3 is 1.11 bits per heavy atom. The molecule has 0 aromatic heterocycles.